The van der Waals surface area contributed by atoms with Gasteiger partial charge in [-0.05, 0) is 31.2 Å². The molecule has 8 nitrogen and oxygen atoms in total. The number of likely N-dealkylation sites (tertiary alicyclic amines) is 1. The fourth-order valence-electron chi connectivity index (χ4n) is 2.37. The lowest BCUT2D eigenvalue weighted by Crippen LogP contribution is -2.58. The monoisotopic (exact) mass is 332 g/mol. The van der Waals surface area contributed by atoms with Crippen molar-refractivity contribution in [1.82, 2.24) is 20.4 Å². The number of hydrogen-bond acceptors (Lipinski definition) is 6. The Morgan fingerprint density at radius 2 is 2.12 bits per heavy atom. The third kappa shape index (κ3) is 3.65. The second-order valence-corrected chi connectivity index (χ2v) is 5.45. The second-order valence-electron chi connectivity index (χ2n) is 5.45. The Labute approximate surface area is 139 Å². The van der Waals surface area contributed by atoms with Crippen molar-refractivity contribution >= 4 is 6.03 Å². The molecule has 2 heterocycles. The minimum atomic E-state index is -0.0448. The van der Waals surface area contributed by atoms with Crippen LogP contribution < -0.4 is 10.1 Å². The Bertz CT molecular complexity index is 680. The van der Waals surface area contributed by atoms with Gasteiger partial charge in [-0.3, -0.25) is 0 Å². The highest BCUT2D eigenvalue weighted by molar-refractivity contribution is 5.75. The molecule has 8 heteroatoms. The predicted octanol–water partition coefficient (Wildman–Crippen LogP) is 1.68. The topological polar surface area (TPSA) is 89.7 Å². The number of aromatic nitrogens is 2. The molecule has 1 aliphatic rings. The molecular weight excluding hydrogens is 312 g/mol. The van der Waals surface area contributed by atoms with Gasteiger partial charge < -0.3 is 24.2 Å². The molecule has 0 atom stereocenters. The Balaban J connectivity index is 1.53. The lowest BCUT2D eigenvalue weighted by molar-refractivity contribution is 0.0447. The smallest absolute Gasteiger partial charge is 0.317 e. The molecule has 3 rings (SSSR count). The lowest BCUT2D eigenvalue weighted by atomic mass is 10.1. The van der Waals surface area contributed by atoms with Crippen molar-refractivity contribution in [2.45, 2.75) is 19.6 Å². The number of hydrogen-bond donors (Lipinski definition) is 1. The Morgan fingerprint density at radius 1 is 1.38 bits per heavy atom. The molecule has 0 aliphatic carbocycles. The Morgan fingerprint density at radius 3 is 2.79 bits per heavy atom. The van der Waals surface area contributed by atoms with Crippen molar-refractivity contribution in [2.24, 2.45) is 0 Å². The highest BCUT2D eigenvalue weighted by atomic mass is 16.5. The highest BCUT2D eigenvalue weighted by Gasteiger charge is 2.31. The van der Waals surface area contributed by atoms with Crippen LogP contribution in [0.25, 0.3) is 11.4 Å². The molecule has 1 aromatic heterocycles. The fourth-order valence-corrected chi connectivity index (χ4v) is 2.37. The highest BCUT2D eigenvalue weighted by Crippen LogP contribution is 2.22. The van der Waals surface area contributed by atoms with E-state index in [0.717, 1.165) is 11.3 Å². The van der Waals surface area contributed by atoms with Gasteiger partial charge in [-0.2, -0.15) is 4.98 Å². The summed E-state index contributed by atoms with van der Waals surface area (Å²) in [6, 6.07) is 7.41. The van der Waals surface area contributed by atoms with Gasteiger partial charge >= 0.3 is 6.03 Å². The van der Waals surface area contributed by atoms with Crippen LogP contribution in [-0.4, -0.2) is 53.9 Å². The van der Waals surface area contributed by atoms with Crippen molar-refractivity contribution in [2.75, 3.05) is 26.7 Å². The standard InChI is InChI=1S/C16H20N4O4/c1-3-17-16(21)20-8-13(9-20)23-12-6-4-11(5-7-12)15-18-14(10-22-2)24-19-15/h4-7,13H,3,8-10H2,1-2H3,(H,17,21). The maximum atomic E-state index is 11.6. The second kappa shape index (κ2) is 7.31. The summed E-state index contributed by atoms with van der Waals surface area (Å²) in [6.45, 7) is 4.01. The number of rotatable bonds is 6. The Hall–Kier alpha value is -2.61. The van der Waals surface area contributed by atoms with Crippen LogP contribution in [0.15, 0.2) is 28.8 Å². The molecule has 0 saturated carbocycles. The fraction of sp³-hybridized carbons (Fsp3) is 0.438. The summed E-state index contributed by atoms with van der Waals surface area (Å²) < 4.78 is 15.9. The van der Waals surface area contributed by atoms with Crippen molar-refractivity contribution < 1.29 is 18.8 Å². The van der Waals surface area contributed by atoms with Crippen LogP contribution in [0.1, 0.15) is 12.8 Å². The van der Waals surface area contributed by atoms with Crippen LogP contribution in [-0.2, 0) is 11.3 Å². The molecule has 0 bridgehead atoms. The zero-order valence-electron chi connectivity index (χ0n) is 13.7. The van der Waals surface area contributed by atoms with Crippen molar-refractivity contribution in [3.05, 3.63) is 30.2 Å². The van der Waals surface area contributed by atoms with E-state index in [1.165, 1.54) is 0 Å². The van der Waals surface area contributed by atoms with E-state index in [4.69, 9.17) is 14.0 Å². The molecule has 1 saturated heterocycles. The van der Waals surface area contributed by atoms with Crippen LogP contribution in [0.3, 0.4) is 0 Å². The summed E-state index contributed by atoms with van der Waals surface area (Å²) in [5, 5.41) is 6.68. The minimum Gasteiger partial charge on any atom is -0.487 e. The number of urea groups is 1. The first-order valence-corrected chi connectivity index (χ1v) is 7.81. The molecule has 2 amide bonds. The van der Waals surface area contributed by atoms with Crippen LogP contribution in [0.4, 0.5) is 4.79 Å². The van der Waals surface area contributed by atoms with Crippen LogP contribution in [0, 0.1) is 0 Å². The third-order valence-electron chi connectivity index (χ3n) is 3.61. The van der Waals surface area contributed by atoms with E-state index >= 15 is 0 Å². The molecule has 0 unspecified atom stereocenters. The number of ether oxygens (including phenoxy) is 2. The molecule has 128 valence electrons. The molecule has 2 aromatic rings. The van der Waals surface area contributed by atoms with Crippen molar-refractivity contribution in [3.63, 3.8) is 0 Å². The first-order valence-electron chi connectivity index (χ1n) is 7.81. The van der Waals surface area contributed by atoms with E-state index in [1.54, 1.807) is 12.0 Å². The van der Waals surface area contributed by atoms with Crippen molar-refractivity contribution in [1.29, 1.82) is 0 Å². The summed E-state index contributed by atoms with van der Waals surface area (Å²) in [5.74, 6) is 1.70. The van der Waals surface area contributed by atoms with E-state index in [9.17, 15) is 4.79 Å². The number of benzene rings is 1. The number of carbonyl (C=O) groups excluding carboxylic acids is 1. The maximum absolute atomic E-state index is 11.6. The summed E-state index contributed by atoms with van der Waals surface area (Å²) in [5.41, 5.74) is 0.839. The molecule has 24 heavy (non-hydrogen) atoms. The summed E-state index contributed by atoms with van der Waals surface area (Å²) in [6.07, 6.45) is 0.0249. The van der Waals surface area contributed by atoms with Gasteiger partial charge in [0.25, 0.3) is 5.89 Å². The van der Waals surface area contributed by atoms with Gasteiger partial charge in [0.15, 0.2) is 0 Å². The summed E-state index contributed by atoms with van der Waals surface area (Å²) >= 11 is 0. The SMILES string of the molecule is CCNC(=O)N1CC(Oc2ccc(-c3noc(COC)n3)cc2)C1. The van der Waals surface area contributed by atoms with Gasteiger partial charge in [0, 0.05) is 19.2 Å². The van der Waals surface area contributed by atoms with Gasteiger partial charge in [-0.15, -0.1) is 0 Å². The average Bonchev–Trinajstić information content (AvgIpc) is 3.00. The number of amides is 2. The van der Waals surface area contributed by atoms with E-state index in [-0.39, 0.29) is 18.7 Å². The summed E-state index contributed by atoms with van der Waals surface area (Å²) in [7, 11) is 1.57. The average molecular weight is 332 g/mol. The first kappa shape index (κ1) is 16.3. The van der Waals surface area contributed by atoms with E-state index < -0.39 is 0 Å². The van der Waals surface area contributed by atoms with Gasteiger partial charge in [0.05, 0.1) is 13.1 Å². The molecule has 1 N–H and O–H groups in total. The molecule has 1 aromatic carbocycles. The maximum Gasteiger partial charge on any atom is 0.317 e. The molecule has 0 radical (unpaired) electrons. The van der Waals surface area contributed by atoms with Crippen LogP contribution in [0.5, 0.6) is 5.75 Å². The minimum absolute atomic E-state index is 0.0249. The largest absolute Gasteiger partial charge is 0.487 e. The number of nitrogens with zero attached hydrogens (tertiary/aromatic N) is 3. The number of carbonyl (C=O) groups is 1. The van der Waals surface area contributed by atoms with Gasteiger partial charge in [0.1, 0.15) is 18.5 Å². The number of methoxy groups -OCH3 is 1. The van der Waals surface area contributed by atoms with Gasteiger partial charge in [0.2, 0.25) is 5.82 Å². The Kier molecular flexibility index (Phi) is 4.95. The molecule has 1 aliphatic heterocycles. The summed E-state index contributed by atoms with van der Waals surface area (Å²) in [4.78, 5) is 17.6. The molecular formula is C16H20N4O4. The zero-order chi connectivity index (χ0) is 16.9. The van der Waals surface area contributed by atoms with Crippen molar-refractivity contribution in [3.8, 4) is 17.1 Å². The number of nitrogens with one attached hydrogen (secondary N) is 1. The van der Waals surface area contributed by atoms with Gasteiger partial charge in [-0.1, -0.05) is 5.16 Å². The van der Waals surface area contributed by atoms with E-state index in [2.05, 4.69) is 15.5 Å². The third-order valence-corrected chi connectivity index (χ3v) is 3.61. The molecule has 0 spiro atoms. The molecule has 1 fully saturated rings. The normalized spacial score (nSPS) is 14.3. The van der Waals surface area contributed by atoms with Crippen LogP contribution >= 0.6 is 0 Å². The lowest BCUT2D eigenvalue weighted by Gasteiger charge is -2.38. The first-order chi connectivity index (χ1) is 11.7. The van der Waals surface area contributed by atoms with E-state index in [0.29, 0.717) is 31.3 Å². The zero-order valence-corrected chi connectivity index (χ0v) is 13.7. The van der Waals surface area contributed by atoms with Gasteiger partial charge in [-0.25, -0.2) is 4.79 Å². The van der Waals surface area contributed by atoms with Crippen LogP contribution in [0.2, 0.25) is 0 Å². The predicted molar refractivity (Wildman–Crippen MR) is 85.5 cm³/mol. The quantitative estimate of drug-likeness (QED) is 0.865. The van der Waals surface area contributed by atoms with E-state index in [1.807, 2.05) is 31.2 Å².